The van der Waals surface area contributed by atoms with E-state index in [1.165, 1.54) is 18.0 Å². The van der Waals surface area contributed by atoms with Crippen LogP contribution in [0.1, 0.15) is 29.3 Å². The van der Waals surface area contributed by atoms with E-state index in [-0.39, 0.29) is 10.7 Å². The molecule has 0 amide bonds. The molecule has 0 atom stereocenters. The minimum atomic E-state index is -1.24. The van der Waals surface area contributed by atoms with E-state index in [2.05, 4.69) is 4.98 Å². The molecule has 0 radical (unpaired) electrons. The number of rotatable bonds is 5. The Bertz CT molecular complexity index is 807. The number of carboxylic acids is 1. The summed E-state index contributed by atoms with van der Waals surface area (Å²) in [5.74, 6) is -0.506. The zero-order valence-corrected chi connectivity index (χ0v) is 12.8. The Hall–Kier alpha value is -2.34. The number of hydrogen-bond acceptors (Lipinski definition) is 4. The number of aromatic amines is 1. The normalized spacial score (nSPS) is 11.1. The highest BCUT2D eigenvalue weighted by Crippen LogP contribution is 2.13. The van der Waals surface area contributed by atoms with E-state index in [0.29, 0.717) is 10.9 Å². The van der Waals surface area contributed by atoms with Gasteiger partial charge >= 0.3 is 5.97 Å². The molecule has 0 aliphatic rings. The van der Waals surface area contributed by atoms with E-state index < -0.39 is 11.4 Å². The lowest BCUT2D eigenvalue weighted by Crippen LogP contribution is -2.15. The van der Waals surface area contributed by atoms with Gasteiger partial charge in [-0.05, 0) is 24.1 Å². The standard InChI is InChI=1S/C16H15NO4S/c1-10(18)22-7-3-2-4-11-5-6-12-14(8-11)17-9-13(15(12)19)16(20)21/h2,4-6,8-9H,3,7H2,1H3,(H,17,19)(H,20,21). The summed E-state index contributed by atoms with van der Waals surface area (Å²) in [5.41, 5.74) is 0.737. The third kappa shape index (κ3) is 3.85. The number of thioether (sulfide) groups is 1. The molecule has 5 nitrogen and oxygen atoms in total. The Morgan fingerprint density at radius 1 is 1.36 bits per heavy atom. The van der Waals surface area contributed by atoms with Crippen LogP contribution in [-0.2, 0) is 4.79 Å². The number of aromatic carboxylic acids is 1. The number of benzene rings is 1. The van der Waals surface area contributed by atoms with Gasteiger partial charge in [-0.2, -0.15) is 0 Å². The Kier molecular flexibility index (Phi) is 5.16. The highest BCUT2D eigenvalue weighted by atomic mass is 32.2. The third-order valence-electron chi connectivity index (χ3n) is 3.04. The van der Waals surface area contributed by atoms with Crippen molar-refractivity contribution in [1.29, 1.82) is 0 Å². The second-order valence-corrected chi connectivity index (χ2v) is 5.94. The van der Waals surface area contributed by atoms with E-state index in [9.17, 15) is 14.4 Å². The van der Waals surface area contributed by atoms with E-state index >= 15 is 0 Å². The molecule has 2 aromatic rings. The first-order valence-corrected chi connectivity index (χ1v) is 7.66. The smallest absolute Gasteiger partial charge is 0.341 e. The van der Waals surface area contributed by atoms with Crippen LogP contribution in [0.4, 0.5) is 0 Å². The van der Waals surface area contributed by atoms with Crippen LogP contribution in [0, 0.1) is 0 Å². The van der Waals surface area contributed by atoms with Gasteiger partial charge in [0.25, 0.3) is 0 Å². The number of nitrogens with one attached hydrogen (secondary N) is 1. The van der Waals surface area contributed by atoms with Crippen LogP contribution in [0.2, 0.25) is 0 Å². The fraction of sp³-hybridized carbons (Fsp3) is 0.188. The molecule has 0 saturated carbocycles. The molecule has 2 N–H and O–H groups in total. The van der Waals surface area contributed by atoms with Gasteiger partial charge in [0, 0.05) is 29.8 Å². The molecule has 0 unspecified atom stereocenters. The van der Waals surface area contributed by atoms with Gasteiger partial charge in [0.05, 0.1) is 0 Å². The quantitative estimate of drug-likeness (QED) is 0.828. The Labute approximate surface area is 131 Å². The average Bonchev–Trinajstić information content (AvgIpc) is 2.46. The molecule has 114 valence electrons. The van der Waals surface area contributed by atoms with Crippen molar-refractivity contribution in [3.05, 3.63) is 51.8 Å². The predicted octanol–water partition coefficient (Wildman–Crippen LogP) is 2.91. The van der Waals surface area contributed by atoms with E-state index in [0.717, 1.165) is 17.7 Å². The van der Waals surface area contributed by atoms with Gasteiger partial charge in [0.15, 0.2) is 5.12 Å². The summed E-state index contributed by atoms with van der Waals surface area (Å²) in [6.07, 6.45) is 5.85. The molecule has 6 heteroatoms. The zero-order chi connectivity index (χ0) is 16.1. The van der Waals surface area contributed by atoms with Gasteiger partial charge < -0.3 is 10.1 Å². The molecular formula is C16H15NO4S. The highest BCUT2D eigenvalue weighted by Gasteiger charge is 2.11. The molecule has 0 spiro atoms. The number of allylic oxidation sites excluding steroid dienone is 1. The van der Waals surface area contributed by atoms with Crippen LogP contribution in [0.15, 0.2) is 35.3 Å². The van der Waals surface area contributed by atoms with E-state index in [4.69, 9.17) is 5.11 Å². The van der Waals surface area contributed by atoms with E-state index in [1.54, 1.807) is 25.1 Å². The van der Waals surface area contributed by atoms with Gasteiger partial charge in [-0.1, -0.05) is 30.0 Å². The predicted molar refractivity (Wildman–Crippen MR) is 88.3 cm³/mol. The van der Waals surface area contributed by atoms with Crippen LogP contribution in [0.5, 0.6) is 0 Å². The van der Waals surface area contributed by atoms with Gasteiger partial charge in [-0.15, -0.1) is 0 Å². The first-order chi connectivity index (χ1) is 10.5. The summed E-state index contributed by atoms with van der Waals surface area (Å²) in [6, 6.07) is 5.17. The summed E-state index contributed by atoms with van der Waals surface area (Å²) in [6.45, 7) is 1.54. The van der Waals surface area contributed by atoms with Crippen molar-refractivity contribution in [1.82, 2.24) is 4.98 Å². The number of pyridine rings is 1. The Morgan fingerprint density at radius 3 is 2.82 bits per heavy atom. The number of carbonyl (C=O) groups is 2. The van der Waals surface area contributed by atoms with Gasteiger partial charge in [-0.25, -0.2) is 4.79 Å². The maximum atomic E-state index is 12.0. The molecule has 0 aliphatic carbocycles. The first kappa shape index (κ1) is 16.0. The maximum Gasteiger partial charge on any atom is 0.341 e. The summed E-state index contributed by atoms with van der Waals surface area (Å²) < 4.78 is 0. The lowest BCUT2D eigenvalue weighted by molar-refractivity contribution is -0.109. The van der Waals surface area contributed by atoms with Crippen LogP contribution in [0.3, 0.4) is 0 Å². The molecule has 2 rings (SSSR count). The molecule has 0 aliphatic heterocycles. The Balaban J connectivity index is 2.19. The molecule has 0 saturated heterocycles. The van der Waals surface area contributed by atoms with E-state index in [1.807, 2.05) is 12.2 Å². The SMILES string of the molecule is CC(=O)SCCC=Cc1ccc2c(=O)c(C(=O)O)c[nH]c2c1. The number of hydrogen-bond donors (Lipinski definition) is 2. The molecular weight excluding hydrogens is 302 g/mol. The molecule has 0 fully saturated rings. The monoisotopic (exact) mass is 317 g/mol. The van der Waals surface area contributed by atoms with Crippen molar-refractivity contribution in [2.24, 2.45) is 0 Å². The number of carbonyl (C=O) groups excluding carboxylic acids is 1. The molecule has 22 heavy (non-hydrogen) atoms. The lowest BCUT2D eigenvalue weighted by Gasteiger charge is -2.01. The van der Waals surface area contributed by atoms with Crippen molar-refractivity contribution in [2.75, 3.05) is 5.75 Å². The summed E-state index contributed by atoms with van der Waals surface area (Å²) in [4.78, 5) is 36.5. The molecule has 1 heterocycles. The number of carboxylic acid groups (broad SMARTS) is 1. The Morgan fingerprint density at radius 2 is 2.14 bits per heavy atom. The molecule has 1 aromatic heterocycles. The van der Waals surface area contributed by atoms with Crippen LogP contribution < -0.4 is 5.43 Å². The second-order valence-electron chi connectivity index (χ2n) is 4.67. The largest absolute Gasteiger partial charge is 0.477 e. The van der Waals surface area contributed by atoms with Crippen molar-refractivity contribution >= 4 is 39.8 Å². The number of aromatic nitrogens is 1. The van der Waals surface area contributed by atoms with Crippen molar-refractivity contribution in [2.45, 2.75) is 13.3 Å². The zero-order valence-electron chi connectivity index (χ0n) is 12.0. The fourth-order valence-electron chi connectivity index (χ4n) is 1.99. The minimum Gasteiger partial charge on any atom is -0.477 e. The fourth-order valence-corrected chi connectivity index (χ4v) is 2.53. The summed E-state index contributed by atoms with van der Waals surface area (Å²) >= 11 is 1.28. The molecule has 0 bridgehead atoms. The summed E-state index contributed by atoms with van der Waals surface area (Å²) in [7, 11) is 0. The maximum absolute atomic E-state index is 12.0. The highest BCUT2D eigenvalue weighted by molar-refractivity contribution is 8.13. The van der Waals surface area contributed by atoms with Gasteiger partial charge in [0.1, 0.15) is 5.56 Å². The van der Waals surface area contributed by atoms with Crippen molar-refractivity contribution < 1.29 is 14.7 Å². The second kappa shape index (κ2) is 7.09. The van der Waals surface area contributed by atoms with Crippen LogP contribution in [0.25, 0.3) is 17.0 Å². The van der Waals surface area contributed by atoms with Crippen LogP contribution in [-0.4, -0.2) is 26.9 Å². The first-order valence-electron chi connectivity index (χ1n) is 6.67. The lowest BCUT2D eigenvalue weighted by atomic mass is 10.1. The van der Waals surface area contributed by atoms with Gasteiger partial charge in [0.2, 0.25) is 5.43 Å². The topological polar surface area (TPSA) is 87.2 Å². The minimum absolute atomic E-state index is 0.103. The number of H-pyrrole nitrogens is 1. The van der Waals surface area contributed by atoms with Crippen LogP contribution >= 0.6 is 11.8 Å². The average molecular weight is 317 g/mol. The number of fused-ring (bicyclic) bond motifs is 1. The van der Waals surface area contributed by atoms with Crippen molar-refractivity contribution in [3.8, 4) is 0 Å². The summed E-state index contributed by atoms with van der Waals surface area (Å²) in [5, 5.41) is 9.38. The van der Waals surface area contributed by atoms with Crippen molar-refractivity contribution in [3.63, 3.8) is 0 Å². The van der Waals surface area contributed by atoms with Gasteiger partial charge in [-0.3, -0.25) is 9.59 Å². The molecule has 1 aromatic carbocycles. The third-order valence-corrected chi connectivity index (χ3v) is 3.88.